The Hall–Kier alpha value is -1.22. The van der Waals surface area contributed by atoms with E-state index in [0.29, 0.717) is 16.5 Å². The van der Waals surface area contributed by atoms with Crippen LogP contribution in [0.2, 0.25) is 5.02 Å². The number of halogens is 1. The normalized spacial score (nSPS) is 20.2. The molecule has 0 radical (unpaired) electrons. The molecule has 1 aromatic rings. The van der Waals surface area contributed by atoms with Crippen LogP contribution >= 0.6 is 11.6 Å². The summed E-state index contributed by atoms with van der Waals surface area (Å²) in [5.74, 6) is 0.520. The van der Waals surface area contributed by atoms with Gasteiger partial charge in [-0.25, -0.2) is 0 Å². The Labute approximate surface area is 80.6 Å². The number of hydrogen-bond donors (Lipinski definition) is 1. The van der Waals surface area contributed by atoms with Crippen LogP contribution in [0.1, 0.15) is 6.92 Å². The van der Waals surface area contributed by atoms with Gasteiger partial charge < -0.3 is 10.1 Å². The zero-order valence-corrected chi connectivity index (χ0v) is 7.76. The molecule has 3 nitrogen and oxygen atoms in total. The maximum atomic E-state index is 11.2. The molecule has 4 heteroatoms. The van der Waals surface area contributed by atoms with Crippen LogP contribution < -0.4 is 10.1 Å². The number of anilines is 1. The molecule has 0 fully saturated rings. The lowest BCUT2D eigenvalue weighted by Crippen LogP contribution is -2.34. The molecule has 0 spiro atoms. The summed E-state index contributed by atoms with van der Waals surface area (Å²) in [5, 5.41) is 3.28. The number of rotatable bonds is 0. The number of amides is 1. The van der Waals surface area contributed by atoms with E-state index in [0.717, 1.165) is 0 Å². The summed E-state index contributed by atoms with van der Waals surface area (Å²) in [7, 11) is 0. The van der Waals surface area contributed by atoms with Gasteiger partial charge in [0.15, 0.2) is 6.10 Å². The zero-order chi connectivity index (χ0) is 9.42. The molecule has 1 heterocycles. The SMILES string of the molecule is CC1Oc2ccc(Cl)cc2NC1=O. The quantitative estimate of drug-likeness (QED) is 0.692. The summed E-state index contributed by atoms with van der Waals surface area (Å²) >= 11 is 5.75. The lowest BCUT2D eigenvalue weighted by Gasteiger charge is -2.23. The molecule has 1 atom stereocenters. The minimum atomic E-state index is -0.436. The maximum absolute atomic E-state index is 11.2. The minimum Gasteiger partial charge on any atom is -0.479 e. The van der Waals surface area contributed by atoms with Crippen molar-refractivity contribution in [2.24, 2.45) is 0 Å². The zero-order valence-electron chi connectivity index (χ0n) is 7.00. The van der Waals surface area contributed by atoms with Crippen molar-refractivity contribution in [3.63, 3.8) is 0 Å². The van der Waals surface area contributed by atoms with Crippen LogP contribution in [0.25, 0.3) is 0 Å². The summed E-state index contributed by atoms with van der Waals surface area (Å²) in [6.45, 7) is 1.70. The van der Waals surface area contributed by atoms with E-state index in [-0.39, 0.29) is 5.91 Å². The fourth-order valence-corrected chi connectivity index (χ4v) is 1.35. The topological polar surface area (TPSA) is 38.3 Å². The predicted molar refractivity (Wildman–Crippen MR) is 50.2 cm³/mol. The van der Waals surface area contributed by atoms with Crippen LogP contribution in [0.15, 0.2) is 18.2 Å². The van der Waals surface area contributed by atoms with Gasteiger partial charge in [-0.2, -0.15) is 0 Å². The minimum absolute atomic E-state index is 0.144. The highest BCUT2D eigenvalue weighted by molar-refractivity contribution is 6.31. The molecular formula is C9H8ClNO2. The average molecular weight is 198 g/mol. The van der Waals surface area contributed by atoms with Crippen molar-refractivity contribution in [1.82, 2.24) is 0 Å². The molecule has 0 aromatic heterocycles. The van der Waals surface area contributed by atoms with Gasteiger partial charge in [0.25, 0.3) is 5.91 Å². The Kier molecular flexibility index (Phi) is 1.88. The molecule has 1 aliphatic heterocycles. The van der Waals surface area contributed by atoms with Crippen LogP contribution in [0, 0.1) is 0 Å². The standard InChI is InChI=1S/C9H8ClNO2/c1-5-9(12)11-7-4-6(10)2-3-8(7)13-5/h2-5H,1H3,(H,11,12). The van der Waals surface area contributed by atoms with Crippen molar-refractivity contribution in [1.29, 1.82) is 0 Å². The molecule has 2 rings (SSSR count). The van der Waals surface area contributed by atoms with E-state index in [4.69, 9.17) is 16.3 Å². The van der Waals surface area contributed by atoms with E-state index < -0.39 is 6.10 Å². The highest BCUT2D eigenvalue weighted by Crippen LogP contribution is 2.31. The maximum Gasteiger partial charge on any atom is 0.265 e. The van der Waals surface area contributed by atoms with E-state index in [2.05, 4.69) is 5.32 Å². The third kappa shape index (κ3) is 1.47. The number of ether oxygens (including phenoxy) is 1. The molecule has 1 aliphatic rings. The van der Waals surface area contributed by atoms with Crippen molar-refractivity contribution in [3.05, 3.63) is 23.2 Å². The number of benzene rings is 1. The number of carbonyl (C=O) groups is 1. The van der Waals surface area contributed by atoms with Gasteiger partial charge >= 0.3 is 0 Å². The van der Waals surface area contributed by atoms with Crippen LogP contribution in [0.4, 0.5) is 5.69 Å². The average Bonchev–Trinajstić information content (AvgIpc) is 2.08. The second-order valence-corrected chi connectivity index (χ2v) is 3.33. The molecule has 1 N–H and O–H groups in total. The summed E-state index contributed by atoms with van der Waals surface area (Å²) in [6.07, 6.45) is -0.436. The number of fused-ring (bicyclic) bond motifs is 1. The third-order valence-electron chi connectivity index (χ3n) is 1.87. The van der Waals surface area contributed by atoms with Crippen molar-refractivity contribution < 1.29 is 9.53 Å². The van der Waals surface area contributed by atoms with E-state index in [1.807, 2.05) is 0 Å². The van der Waals surface area contributed by atoms with Crippen molar-refractivity contribution in [2.45, 2.75) is 13.0 Å². The van der Waals surface area contributed by atoms with Crippen LogP contribution in [0.5, 0.6) is 5.75 Å². The lowest BCUT2D eigenvalue weighted by atomic mass is 10.2. The summed E-state index contributed by atoms with van der Waals surface area (Å²) in [4.78, 5) is 11.2. The van der Waals surface area contributed by atoms with Crippen molar-refractivity contribution in [2.75, 3.05) is 5.32 Å². The van der Waals surface area contributed by atoms with E-state index in [1.54, 1.807) is 25.1 Å². The van der Waals surface area contributed by atoms with E-state index >= 15 is 0 Å². The summed E-state index contributed by atoms with van der Waals surface area (Å²) < 4.78 is 5.33. The van der Waals surface area contributed by atoms with Gasteiger partial charge in [-0.1, -0.05) is 11.6 Å². The van der Waals surface area contributed by atoms with Gasteiger partial charge in [-0.05, 0) is 25.1 Å². The van der Waals surface area contributed by atoms with Gasteiger partial charge in [0.2, 0.25) is 0 Å². The van der Waals surface area contributed by atoms with Gasteiger partial charge in [0.1, 0.15) is 5.75 Å². The molecule has 68 valence electrons. The first-order chi connectivity index (χ1) is 6.16. The van der Waals surface area contributed by atoms with Crippen molar-refractivity contribution in [3.8, 4) is 5.75 Å². The van der Waals surface area contributed by atoms with Gasteiger partial charge in [-0.15, -0.1) is 0 Å². The second-order valence-electron chi connectivity index (χ2n) is 2.89. The van der Waals surface area contributed by atoms with Crippen LogP contribution in [-0.2, 0) is 4.79 Å². The third-order valence-corrected chi connectivity index (χ3v) is 2.11. The Morgan fingerprint density at radius 3 is 3.08 bits per heavy atom. The molecule has 1 amide bonds. The van der Waals surface area contributed by atoms with Gasteiger partial charge in [0.05, 0.1) is 5.69 Å². The second kappa shape index (κ2) is 2.92. The molecule has 13 heavy (non-hydrogen) atoms. The smallest absolute Gasteiger partial charge is 0.265 e. The largest absolute Gasteiger partial charge is 0.479 e. The van der Waals surface area contributed by atoms with Gasteiger partial charge in [-0.3, -0.25) is 4.79 Å². The predicted octanol–water partition coefficient (Wildman–Crippen LogP) is 2.06. The first kappa shape index (κ1) is 8.38. The monoisotopic (exact) mass is 197 g/mol. The first-order valence-electron chi connectivity index (χ1n) is 3.94. The fraction of sp³-hybridized carbons (Fsp3) is 0.222. The number of hydrogen-bond acceptors (Lipinski definition) is 2. The Balaban J connectivity index is 2.42. The molecule has 1 aromatic carbocycles. The molecule has 0 aliphatic carbocycles. The molecule has 1 unspecified atom stereocenters. The Morgan fingerprint density at radius 1 is 1.54 bits per heavy atom. The number of carbonyl (C=O) groups excluding carboxylic acids is 1. The molecule has 0 bridgehead atoms. The van der Waals surface area contributed by atoms with Crippen molar-refractivity contribution >= 4 is 23.2 Å². The molecule has 0 saturated carbocycles. The van der Waals surface area contributed by atoms with E-state index in [1.165, 1.54) is 0 Å². The highest BCUT2D eigenvalue weighted by Gasteiger charge is 2.23. The van der Waals surface area contributed by atoms with Gasteiger partial charge in [0, 0.05) is 5.02 Å². The summed E-state index contributed by atoms with van der Waals surface area (Å²) in [6, 6.07) is 5.14. The van der Waals surface area contributed by atoms with Crippen LogP contribution in [0.3, 0.4) is 0 Å². The Bertz CT molecular complexity index is 365. The highest BCUT2D eigenvalue weighted by atomic mass is 35.5. The summed E-state index contributed by atoms with van der Waals surface area (Å²) in [5.41, 5.74) is 0.635. The van der Waals surface area contributed by atoms with Crippen LogP contribution in [-0.4, -0.2) is 12.0 Å². The lowest BCUT2D eigenvalue weighted by molar-refractivity contribution is -0.122. The molecular weight excluding hydrogens is 190 g/mol. The molecule has 0 saturated heterocycles. The Morgan fingerprint density at radius 2 is 2.31 bits per heavy atom. The first-order valence-corrected chi connectivity index (χ1v) is 4.31. The van der Waals surface area contributed by atoms with E-state index in [9.17, 15) is 4.79 Å². The fourth-order valence-electron chi connectivity index (χ4n) is 1.18. The number of nitrogens with one attached hydrogen (secondary N) is 1.